The molecule has 0 aromatic rings. The van der Waals surface area contributed by atoms with Crippen molar-refractivity contribution in [1.82, 2.24) is 9.80 Å². The van der Waals surface area contributed by atoms with E-state index in [2.05, 4.69) is 11.8 Å². The van der Waals surface area contributed by atoms with Crippen LogP contribution in [0.2, 0.25) is 0 Å². The van der Waals surface area contributed by atoms with Crippen molar-refractivity contribution in [2.24, 2.45) is 17.3 Å². The van der Waals surface area contributed by atoms with E-state index in [0.29, 0.717) is 18.0 Å². The average Bonchev–Trinajstić information content (AvgIpc) is 3.17. The summed E-state index contributed by atoms with van der Waals surface area (Å²) >= 11 is 0. The molecule has 2 saturated carbocycles. The van der Waals surface area contributed by atoms with Gasteiger partial charge in [0.15, 0.2) is 0 Å². The van der Waals surface area contributed by atoms with Gasteiger partial charge in [0.05, 0.1) is 0 Å². The van der Waals surface area contributed by atoms with Crippen LogP contribution < -0.4 is 0 Å². The number of fused-ring (bicyclic) bond motifs is 1. The highest BCUT2D eigenvalue weighted by Crippen LogP contribution is 2.61. The Morgan fingerprint density at radius 3 is 2.41 bits per heavy atom. The minimum absolute atomic E-state index is 0.155. The molecule has 0 bridgehead atoms. The topological polar surface area (TPSA) is 49.9 Å². The van der Waals surface area contributed by atoms with Crippen molar-refractivity contribution in [1.29, 1.82) is 0 Å². The number of piperidine rings is 1. The fourth-order valence-electron chi connectivity index (χ4n) is 5.98. The third-order valence-electron chi connectivity index (χ3n) is 7.50. The van der Waals surface area contributed by atoms with Gasteiger partial charge in [0.2, 0.25) is 5.91 Å². The Labute approximate surface area is 163 Å². The van der Waals surface area contributed by atoms with Gasteiger partial charge in [0.1, 0.15) is 5.60 Å². The average molecular weight is 377 g/mol. The molecule has 2 aliphatic carbocycles. The summed E-state index contributed by atoms with van der Waals surface area (Å²) in [7, 11) is 0. The summed E-state index contributed by atoms with van der Waals surface area (Å²) in [5.41, 5.74) is -0.297. The van der Waals surface area contributed by atoms with Crippen molar-refractivity contribution in [3.8, 4) is 0 Å². The summed E-state index contributed by atoms with van der Waals surface area (Å²) in [4.78, 5) is 29.8. The molecule has 0 radical (unpaired) electrons. The largest absolute Gasteiger partial charge is 0.444 e. The summed E-state index contributed by atoms with van der Waals surface area (Å²) in [6.45, 7) is 9.40. The Balaban J connectivity index is 1.34. The Hall–Kier alpha value is -1.26. The van der Waals surface area contributed by atoms with Crippen LogP contribution in [0.1, 0.15) is 79.1 Å². The summed E-state index contributed by atoms with van der Waals surface area (Å²) in [5, 5.41) is 0. The Kier molecular flexibility index (Phi) is 4.71. The van der Waals surface area contributed by atoms with Gasteiger partial charge in [-0.05, 0) is 77.6 Å². The highest BCUT2D eigenvalue weighted by atomic mass is 16.6. The highest BCUT2D eigenvalue weighted by molar-refractivity contribution is 5.84. The van der Waals surface area contributed by atoms with Crippen LogP contribution in [0.5, 0.6) is 0 Å². The van der Waals surface area contributed by atoms with Gasteiger partial charge in [-0.25, -0.2) is 4.79 Å². The summed E-state index contributed by atoms with van der Waals surface area (Å²) < 4.78 is 5.51. The van der Waals surface area contributed by atoms with Crippen LogP contribution in [0.15, 0.2) is 0 Å². The van der Waals surface area contributed by atoms with Crippen molar-refractivity contribution < 1.29 is 14.3 Å². The molecular formula is C22H36N2O3. The van der Waals surface area contributed by atoms with Gasteiger partial charge in [0, 0.05) is 31.1 Å². The van der Waals surface area contributed by atoms with Gasteiger partial charge in [0.25, 0.3) is 0 Å². The lowest BCUT2D eigenvalue weighted by Crippen LogP contribution is -2.46. The molecule has 2 aliphatic heterocycles. The van der Waals surface area contributed by atoms with Crippen LogP contribution in [-0.4, -0.2) is 52.6 Å². The molecule has 4 atom stereocenters. The van der Waals surface area contributed by atoms with Crippen LogP contribution in [0.3, 0.4) is 0 Å². The van der Waals surface area contributed by atoms with Crippen molar-refractivity contribution in [2.75, 3.05) is 13.1 Å². The fraction of sp³-hybridized carbons (Fsp3) is 0.909. The first-order valence-electron chi connectivity index (χ1n) is 11.0. The molecule has 2 heterocycles. The Morgan fingerprint density at radius 2 is 1.74 bits per heavy atom. The van der Waals surface area contributed by atoms with E-state index in [1.807, 2.05) is 25.7 Å². The smallest absolute Gasteiger partial charge is 0.410 e. The van der Waals surface area contributed by atoms with E-state index in [-0.39, 0.29) is 17.4 Å². The zero-order valence-electron chi connectivity index (χ0n) is 17.5. The number of carbonyl (C=O) groups is 2. The molecule has 5 nitrogen and oxygen atoms in total. The first kappa shape index (κ1) is 19.1. The second kappa shape index (κ2) is 6.66. The fourth-order valence-corrected chi connectivity index (χ4v) is 5.98. The maximum atomic E-state index is 13.4. The molecule has 0 unspecified atom stereocenters. The highest BCUT2D eigenvalue weighted by Gasteiger charge is 2.61. The first-order valence-corrected chi connectivity index (χ1v) is 11.0. The van der Waals surface area contributed by atoms with Crippen LogP contribution >= 0.6 is 0 Å². The molecule has 27 heavy (non-hydrogen) atoms. The second-order valence-electron chi connectivity index (χ2n) is 10.5. The molecule has 152 valence electrons. The SMILES string of the molecule is C[C@@H]1C[C@@H]2CCCC[C@@H]2N1C(=O)[C@@H]1CC12CCN(C(=O)OC(C)(C)C)CC2. The van der Waals surface area contributed by atoms with Crippen LogP contribution in [0.4, 0.5) is 4.79 Å². The lowest BCUT2D eigenvalue weighted by molar-refractivity contribution is -0.137. The quantitative estimate of drug-likeness (QED) is 0.689. The molecule has 4 rings (SSSR count). The molecule has 0 aromatic heterocycles. The van der Waals surface area contributed by atoms with E-state index in [1.165, 1.54) is 32.1 Å². The van der Waals surface area contributed by atoms with E-state index >= 15 is 0 Å². The summed E-state index contributed by atoms with van der Waals surface area (Å²) in [6.07, 6.45) is 9.02. The van der Waals surface area contributed by atoms with Gasteiger partial charge < -0.3 is 14.5 Å². The monoisotopic (exact) mass is 376 g/mol. The maximum Gasteiger partial charge on any atom is 0.410 e. The molecule has 0 N–H and O–H groups in total. The van der Waals surface area contributed by atoms with Gasteiger partial charge in [-0.3, -0.25) is 4.79 Å². The molecule has 2 amide bonds. The maximum absolute atomic E-state index is 13.4. The van der Waals surface area contributed by atoms with E-state index in [9.17, 15) is 9.59 Å². The number of hydrogen-bond donors (Lipinski definition) is 0. The third-order valence-corrected chi connectivity index (χ3v) is 7.50. The van der Waals surface area contributed by atoms with Gasteiger partial charge in [-0.1, -0.05) is 12.8 Å². The van der Waals surface area contributed by atoms with Gasteiger partial charge in [-0.2, -0.15) is 0 Å². The van der Waals surface area contributed by atoms with Crippen molar-refractivity contribution in [2.45, 2.75) is 96.7 Å². The van der Waals surface area contributed by atoms with E-state index in [0.717, 1.165) is 38.3 Å². The van der Waals surface area contributed by atoms with Gasteiger partial charge in [-0.15, -0.1) is 0 Å². The number of rotatable bonds is 1. The molecule has 5 heteroatoms. The molecule has 4 fully saturated rings. The Bertz CT molecular complexity index is 603. The van der Waals surface area contributed by atoms with Crippen molar-refractivity contribution >= 4 is 12.0 Å². The minimum Gasteiger partial charge on any atom is -0.444 e. The van der Waals surface area contributed by atoms with Crippen LogP contribution in [-0.2, 0) is 9.53 Å². The molecule has 2 saturated heterocycles. The lowest BCUT2D eigenvalue weighted by atomic mass is 9.84. The number of ether oxygens (including phenoxy) is 1. The minimum atomic E-state index is -0.452. The number of nitrogens with zero attached hydrogens (tertiary/aromatic N) is 2. The first-order chi connectivity index (χ1) is 12.7. The second-order valence-corrected chi connectivity index (χ2v) is 10.5. The van der Waals surface area contributed by atoms with Crippen LogP contribution in [0.25, 0.3) is 0 Å². The Morgan fingerprint density at radius 1 is 1.07 bits per heavy atom. The number of hydrogen-bond acceptors (Lipinski definition) is 3. The summed E-state index contributed by atoms with van der Waals surface area (Å²) in [6, 6.07) is 0.908. The zero-order chi connectivity index (χ0) is 19.4. The third kappa shape index (κ3) is 3.58. The van der Waals surface area contributed by atoms with Crippen molar-refractivity contribution in [3.05, 3.63) is 0 Å². The lowest BCUT2D eigenvalue weighted by Gasteiger charge is -2.36. The zero-order valence-corrected chi connectivity index (χ0v) is 17.5. The van der Waals surface area contributed by atoms with E-state index < -0.39 is 5.60 Å². The standard InChI is InChI=1S/C22H36N2O3/c1-15-13-16-7-5-6-8-18(16)24(15)19(25)17-14-22(17)9-11-23(12-10-22)20(26)27-21(2,3)4/h15-18H,5-14H2,1-4H3/t15-,16+,17+,18+/m1/s1. The van der Waals surface area contributed by atoms with Gasteiger partial charge >= 0.3 is 6.09 Å². The molecule has 0 aromatic carbocycles. The number of likely N-dealkylation sites (tertiary alicyclic amines) is 2. The van der Waals surface area contributed by atoms with Crippen LogP contribution in [0, 0.1) is 17.3 Å². The molecule has 4 aliphatic rings. The number of amides is 2. The van der Waals surface area contributed by atoms with E-state index in [1.54, 1.807) is 0 Å². The molecular weight excluding hydrogens is 340 g/mol. The predicted octanol–water partition coefficient (Wildman–Crippen LogP) is 4.20. The van der Waals surface area contributed by atoms with Crippen molar-refractivity contribution in [3.63, 3.8) is 0 Å². The molecule has 1 spiro atoms. The van der Waals surface area contributed by atoms with E-state index in [4.69, 9.17) is 4.74 Å². The normalized spacial score (nSPS) is 35.1. The predicted molar refractivity (Wildman–Crippen MR) is 104 cm³/mol. The number of carbonyl (C=O) groups excluding carboxylic acids is 2. The summed E-state index contributed by atoms with van der Waals surface area (Å²) in [5.74, 6) is 1.35.